The Labute approximate surface area is 204 Å². The molecule has 5 rings (SSSR count). The Morgan fingerprint density at radius 2 is 1.50 bits per heavy atom. The molecule has 0 radical (unpaired) electrons. The Kier molecular flexibility index (Phi) is 5.24. The van der Waals surface area contributed by atoms with Gasteiger partial charge >= 0.3 is 6.98 Å². The molecule has 1 aromatic heterocycles. The highest BCUT2D eigenvalue weighted by Crippen LogP contribution is 2.44. The zero-order valence-corrected chi connectivity index (χ0v) is 21.7. The fourth-order valence-corrected chi connectivity index (χ4v) is 5.85. The minimum absolute atomic E-state index is 0.0366. The van der Waals surface area contributed by atoms with E-state index < -0.39 is 0 Å². The molecule has 0 atom stereocenters. The predicted octanol–water partition coefficient (Wildman–Crippen LogP) is 6.41. The summed E-state index contributed by atoms with van der Waals surface area (Å²) < 4.78 is 0. The fourth-order valence-electron chi connectivity index (χ4n) is 5.85. The second kappa shape index (κ2) is 7.90. The molecular formula is C30H34BN3. The summed E-state index contributed by atoms with van der Waals surface area (Å²) in [6.07, 6.45) is 1.96. The van der Waals surface area contributed by atoms with Crippen molar-refractivity contribution in [1.29, 1.82) is 0 Å². The third-order valence-corrected chi connectivity index (χ3v) is 7.31. The molecule has 0 spiro atoms. The molecule has 0 unspecified atom stereocenters. The van der Waals surface area contributed by atoms with Crippen molar-refractivity contribution in [2.24, 2.45) is 0 Å². The lowest BCUT2D eigenvalue weighted by molar-refractivity contribution is 0.596. The van der Waals surface area contributed by atoms with E-state index in [9.17, 15) is 0 Å². The molecule has 4 heteroatoms. The van der Waals surface area contributed by atoms with E-state index >= 15 is 0 Å². The Bertz CT molecular complexity index is 1390. The van der Waals surface area contributed by atoms with Gasteiger partial charge in [0.25, 0.3) is 0 Å². The minimum Gasteiger partial charge on any atom is -0.393 e. The number of anilines is 2. The number of benzene rings is 3. The SMILES string of the molecule is Cc1cc(C)c(B2N(C)c3ccnc(-c4cc(C(C)(C)C)c5ccccc5c4)c3N2C)c(C)c1. The zero-order valence-electron chi connectivity index (χ0n) is 21.7. The molecule has 0 saturated heterocycles. The van der Waals surface area contributed by atoms with Crippen molar-refractivity contribution >= 4 is 34.6 Å². The van der Waals surface area contributed by atoms with Crippen molar-refractivity contribution in [2.45, 2.75) is 47.0 Å². The highest BCUT2D eigenvalue weighted by Gasteiger charge is 2.41. The highest BCUT2D eigenvalue weighted by molar-refractivity contribution is 6.82. The third kappa shape index (κ3) is 3.48. The Morgan fingerprint density at radius 3 is 2.18 bits per heavy atom. The number of rotatable bonds is 2. The number of hydrogen-bond acceptors (Lipinski definition) is 3. The molecule has 0 aliphatic carbocycles. The van der Waals surface area contributed by atoms with Gasteiger partial charge in [-0.3, -0.25) is 4.98 Å². The molecule has 4 aromatic rings. The first-order chi connectivity index (χ1) is 16.1. The lowest BCUT2D eigenvalue weighted by Gasteiger charge is -2.27. The average Bonchev–Trinajstić information content (AvgIpc) is 3.02. The number of aryl methyl sites for hydroxylation is 3. The van der Waals surface area contributed by atoms with Crippen molar-refractivity contribution in [2.75, 3.05) is 23.7 Å². The average molecular weight is 447 g/mol. The van der Waals surface area contributed by atoms with Crippen molar-refractivity contribution in [3.05, 3.63) is 83.0 Å². The van der Waals surface area contributed by atoms with Gasteiger partial charge in [-0.2, -0.15) is 0 Å². The molecule has 0 N–H and O–H groups in total. The second-order valence-electron chi connectivity index (χ2n) is 10.9. The standard InChI is InChI=1S/C30H34BN3/c1-19-15-20(2)27(21(3)16-19)31-33(7)26-13-14-32-28(29(26)34(31)8)23-17-22-11-9-10-12-24(22)25(18-23)30(4,5)6/h9-18H,1-8H3. The Hall–Kier alpha value is -3.27. The molecule has 0 saturated carbocycles. The van der Waals surface area contributed by atoms with Gasteiger partial charge in [0.05, 0.1) is 17.1 Å². The van der Waals surface area contributed by atoms with Gasteiger partial charge in [-0.05, 0) is 80.3 Å². The zero-order chi connectivity index (χ0) is 24.4. The predicted molar refractivity (Wildman–Crippen MR) is 149 cm³/mol. The highest BCUT2D eigenvalue weighted by atomic mass is 15.3. The molecule has 0 fully saturated rings. The molecule has 34 heavy (non-hydrogen) atoms. The number of hydrogen-bond donors (Lipinski definition) is 0. The summed E-state index contributed by atoms with van der Waals surface area (Å²) in [6.45, 7) is 13.7. The number of pyridine rings is 1. The van der Waals surface area contributed by atoms with Crippen LogP contribution < -0.4 is 15.1 Å². The summed E-state index contributed by atoms with van der Waals surface area (Å²) in [5.74, 6) is 0. The summed E-state index contributed by atoms with van der Waals surface area (Å²) in [7, 11) is 4.42. The van der Waals surface area contributed by atoms with Crippen molar-refractivity contribution in [3.63, 3.8) is 0 Å². The number of fused-ring (bicyclic) bond motifs is 2. The first-order valence-electron chi connectivity index (χ1n) is 12.1. The molecule has 1 aliphatic heterocycles. The van der Waals surface area contributed by atoms with E-state index in [1.165, 1.54) is 55.4 Å². The van der Waals surface area contributed by atoms with Crippen LogP contribution in [0.4, 0.5) is 11.4 Å². The molecule has 3 aromatic carbocycles. The monoisotopic (exact) mass is 447 g/mol. The quantitative estimate of drug-likeness (QED) is 0.331. The molecule has 1 aliphatic rings. The van der Waals surface area contributed by atoms with E-state index in [0.717, 1.165) is 5.69 Å². The van der Waals surface area contributed by atoms with Gasteiger partial charge in [-0.15, -0.1) is 0 Å². The Morgan fingerprint density at radius 1 is 0.824 bits per heavy atom. The molecule has 0 amide bonds. The van der Waals surface area contributed by atoms with Gasteiger partial charge in [0.2, 0.25) is 0 Å². The van der Waals surface area contributed by atoms with E-state index in [0.29, 0.717) is 0 Å². The van der Waals surface area contributed by atoms with Gasteiger partial charge in [0.15, 0.2) is 0 Å². The van der Waals surface area contributed by atoms with Crippen LogP contribution in [0, 0.1) is 20.8 Å². The van der Waals surface area contributed by atoms with Crippen LogP contribution in [0.1, 0.15) is 43.0 Å². The van der Waals surface area contributed by atoms with E-state index in [-0.39, 0.29) is 12.4 Å². The first-order valence-corrected chi connectivity index (χ1v) is 12.1. The van der Waals surface area contributed by atoms with Crippen LogP contribution in [0.5, 0.6) is 0 Å². The van der Waals surface area contributed by atoms with E-state index in [1.807, 2.05) is 6.20 Å². The normalized spacial score (nSPS) is 13.7. The molecule has 172 valence electrons. The fraction of sp³-hybridized carbons (Fsp3) is 0.300. The number of nitrogens with zero attached hydrogens (tertiary/aromatic N) is 3. The molecule has 0 bridgehead atoms. The van der Waals surface area contributed by atoms with Crippen LogP contribution in [0.15, 0.2) is 60.8 Å². The van der Waals surface area contributed by atoms with E-state index in [4.69, 9.17) is 4.98 Å². The van der Waals surface area contributed by atoms with Crippen LogP contribution in [0.3, 0.4) is 0 Å². The van der Waals surface area contributed by atoms with E-state index in [2.05, 4.69) is 120 Å². The van der Waals surface area contributed by atoms with Crippen LogP contribution in [-0.2, 0) is 5.41 Å². The van der Waals surface area contributed by atoms with Gasteiger partial charge in [0, 0.05) is 11.8 Å². The summed E-state index contributed by atoms with van der Waals surface area (Å²) in [4.78, 5) is 9.76. The van der Waals surface area contributed by atoms with Gasteiger partial charge < -0.3 is 9.62 Å². The van der Waals surface area contributed by atoms with Gasteiger partial charge in [-0.1, -0.05) is 73.9 Å². The maximum atomic E-state index is 4.95. The molecule has 3 nitrogen and oxygen atoms in total. The number of aromatic nitrogens is 1. The van der Waals surface area contributed by atoms with Crippen LogP contribution >= 0.6 is 0 Å². The second-order valence-corrected chi connectivity index (χ2v) is 10.9. The van der Waals surface area contributed by atoms with Gasteiger partial charge in [0.1, 0.15) is 0 Å². The summed E-state index contributed by atoms with van der Waals surface area (Å²) in [6, 6.07) is 20.1. The molecular weight excluding hydrogens is 413 g/mol. The van der Waals surface area contributed by atoms with Crippen LogP contribution in [-0.4, -0.2) is 26.1 Å². The van der Waals surface area contributed by atoms with Crippen molar-refractivity contribution < 1.29 is 0 Å². The summed E-state index contributed by atoms with van der Waals surface area (Å²) in [5, 5.41) is 2.58. The smallest absolute Gasteiger partial charge is 0.393 e. The van der Waals surface area contributed by atoms with Crippen LogP contribution in [0.25, 0.3) is 22.0 Å². The lowest BCUT2D eigenvalue weighted by atomic mass is 9.62. The van der Waals surface area contributed by atoms with Crippen molar-refractivity contribution in [1.82, 2.24) is 4.98 Å². The third-order valence-electron chi connectivity index (χ3n) is 7.31. The summed E-state index contributed by atoms with van der Waals surface area (Å²) in [5.41, 5.74) is 11.4. The van der Waals surface area contributed by atoms with Gasteiger partial charge in [-0.25, -0.2) is 0 Å². The maximum Gasteiger partial charge on any atom is 0.411 e. The topological polar surface area (TPSA) is 19.4 Å². The Balaban J connectivity index is 1.71. The van der Waals surface area contributed by atoms with E-state index in [1.54, 1.807) is 0 Å². The summed E-state index contributed by atoms with van der Waals surface area (Å²) >= 11 is 0. The van der Waals surface area contributed by atoms with Crippen LogP contribution in [0.2, 0.25) is 0 Å². The maximum absolute atomic E-state index is 4.95. The largest absolute Gasteiger partial charge is 0.411 e. The molecule has 2 heterocycles. The first kappa shape index (κ1) is 22.5. The minimum atomic E-state index is 0.0366. The van der Waals surface area contributed by atoms with Crippen molar-refractivity contribution in [3.8, 4) is 11.3 Å². The lowest BCUT2D eigenvalue weighted by Crippen LogP contribution is -2.55.